The fourth-order valence-corrected chi connectivity index (χ4v) is 5.48. The maximum atomic E-state index is 12.2. The lowest BCUT2D eigenvalue weighted by atomic mass is 9.94. The first-order valence-corrected chi connectivity index (χ1v) is 14.6. The number of esters is 1. The number of alkyl carbamates (subject to hydrolysis) is 1. The number of carbonyl (C=O) groups excluding carboxylic acids is 3. The molecule has 1 heterocycles. The molecule has 0 aliphatic carbocycles. The minimum Gasteiger partial charge on any atom is -0.507 e. The number of fused-ring (bicyclic) bond motifs is 1. The maximum absolute atomic E-state index is 12.2. The molecule has 1 aliphatic rings. The van der Waals surface area contributed by atoms with Crippen molar-refractivity contribution in [2.75, 3.05) is 31.7 Å². The van der Waals surface area contributed by atoms with E-state index >= 15 is 0 Å². The molecule has 0 fully saturated rings. The first kappa shape index (κ1) is 30.7. The van der Waals surface area contributed by atoms with E-state index in [2.05, 4.69) is 10.6 Å². The Morgan fingerprint density at radius 2 is 1.78 bits per heavy atom. The summed E-state index contributed by atoms with van der Waals surface area (Å²) in [5.41, 5.74) is 2.70. The van der Waals surface area contributed by atoms with Crippen molar-refractivity contribution in [2.45, 2.75) is 66.1 Å². The van der Waals surface area contributed by atoms with Crippen LogP contribution in [0.3, 0.4) is 0 Å². The smallest absolute Gasteiger partial charge is 0.407 e. The molecule has 0 radical (unpaired) electrons. The third-order valence-electron chi connectivity index (χ3n) is 5.49. The molecule has 0 unspecified atom stereocenters. The van der Waals surface area contributed by atoms with Crippen molar-refractivity contribution in [3.05, 3.63) is 33.9 Å². The Morgan fingerprint density at radius 3 is 2.41 bits per heavy atom. The lowest BCUT2D eigenvalue weighted by molar-refractivity contribution is -0.120. The van der Waals surface area contributed by atoms with E-state index in [1.165, 1.54) is 7.11 Å². The van der Waals surface area contributed by atoms with E-state index in [1.54, 1.807) is 21.6 Å². The molecule has 1 aliphatic heterocycles. The van der Waals surface area contributed by atoms with E-state index in [0.29, 0.717) is 49.2 Å². The molecule has 206 valence electrons. The summed E-state index contributed by atoms with van der Waals surface area (Å²) in [6.07, 6.45) is 2.84. The van der Waals surface area contributed by atoms with Crippen LogP contribution in [0.15, 0.2) is 11.6 Å². The molecule has 3 N–H and O–H groups in total. The number of rotatable bonds is 13. The Balaban J connectivity index is 1.68. The van der Waals surface area contributed by atoms with Crippen LogP contribution in [0.1, 0.15) is 67.6 Å². The fraction of sp³-hybridized carbons (Fsp3) is 0.577. The summed E-state index contributed by atoms with van der Waals surface area (Å²) in [6, 6.07) is 0. The number of hydrogen-bond acceptors (Lipinski definition) is 9. The molecule has 0 atom stereocenters. The van der Waals surface area contributed by atoms with Gasteiger partial charge in [0.2, 0.25) is 5.91 Å². The predicted molar refractivity (Wildman–Crippen MR) is 147 cm³/mol. The molecule has 2 rings (SSSR count). The minimum atomic E-state index is -0.522. The second kappa shape index (κ2) is 14.4. The number of ether oxygens (including phenoxy) is 3. The quantitative estimate of drug-likeness (QED) is 0.138. The summed E-state index contributed by atoms with van der Waals surface area (Å²) in [5, 5.41) is 16.3. The van der Waals surface area contributed by atoms with Crippen LogP contribution in [0.25, 0.3) is 0 Å². The van der Waals surface area contributed by atoms with Gasteiger partial charge in [0, 0.05) is 42.1 Å². The van der Waals surface area contributed by atoms with Gasteiger partial charge in [-0.3, -0.25) is 4.79 Å². The lowest BCUT2D eigenvalue weighted by Gasteiger charge is -2.19. The van der Waals surface area contributed by atoms with Crippen LogP contribution < -0.4 is 15.4 Å². The van der Waals surface area contributed by atoms with Gasteiger partial charge in [-0.2, -0.15) is 0 Å². The number of carbonyl (C=O) groups is 3. The van der Waals surface area contributed by atoms with Crippen molar-refractivity contribution < 1.29 is 33.7 Å². The van der Waals surface area contributed by atoms with Gasteiger partial charge in [0.25, 0.3) is 0 Å². The Morgan fingerprint density at radius 1 is 1.14 bits per heavy atom. The molecular weight excluding hydrogens is 516 g/mol. The minimum absolute atomic E-state index is 0.0264. The molecule has 1 aromatic carbocycles. The highest BCUT2D eigenvalue weighted by molar-refractivity contribution is 8.76. The topological polar surface area (TPSA) is 123 Å². The van der Waals surface area contributed by atoms with Gasteiger partial charge >= 0.3 is 12.1 Å². The first-order chi connectivity index (χ1) is 17.4. The van der Waals surface area contributed by atoms with Crippen LogP contribution in [0, 0.1) is 6.92 Å². The van der Waals surface area contributed by atoms with Crippen molar-refractivity contribution in [2.24, 2.45) is 0 Å². The summed E-state index contributed by atoms with van der Waals surface area (Å²) in [7, 11) is 4.80. The van der Waals surface area contributed by atoms with E-state index in [9.17, 15) is 19.5 Å². The molecule has 0 spiro atoms. The molecule has 0 saturated carbocycles. The van der Waals surface area contributed by atoms with Crippen LogP contribution in [-0.2, 0) is 27.3 Å². The zero-order chi connectivity index (χ0) is 27.6. The summed E-state index contributed by atoms with van der Waals surface area (Å²) in [4.78, 5) is 35.8. The average Bonchev–Trinajstić information content (AvgIpc) is 3.21. The van der Waals surface area contributed by atoms with Crippen LogP contribution in [0.2, 0.25) is 0 Å². The molecule has 0 bridgehead atoms. The monoisotopic (exact) mass is 554 g/mol. The highest BCUT2D eigenvalue weighted by Crippen LogP contribution is 2.42. The lowest BCUT2D eigenvalue weighted by Crippen LogP contribution is -2.33. The summed E-state index contributed by atoms with van der Waals surface area (Å²) in [5.74, 6) is 1.40. The van der Waals surface area contributed by atoms with Gasteiger partial charge in [-0.25, -0.2) is 9.59 Å². The van der Waals surface area contributed by atoms with Gasteiger partial charge in [-0.05, 0) is 53.0 Å². The van der Waals surface area contributed by atoms with Crippen LogP contribution in [-0.4, -0.2) is 60.4 Å². The number of cyclic esters (lactones) is 1. The molecule has 0 saturated heterocycles. The van der Waals surface area contributed by atoms with Gasteiger partial charge in [-0.15, -0.1) is 0 Å². The van der Waals surface area contributed by atoms with Gasteiger partial charge < -0.3 is 30.0 Å². The zero-order valence-electron chi connectivity index (χ0n) is 22.4. The fourth-order valence-electron chi connectivity index (χ4n) is 3.66. The largest absolute Gasteiger partial charge is 0.507 e. The second-order valence-corrected chi connectivity index (χ2v) is 12.3. The summed E-state index contributed by atoms with van der Waals surface area (Å²) < 4.78 is 15.8. The van der Waals surface area contributed by atoms with E-state index in [1.807, 2.05) is 40.7 Å². The molecule has 1 aromatic rings. The third kappa shape index (κ3) is 9.70. The Bertz CT molecular complexity index is 1020. The summed E-state index contributed by atoms with van der Waals surface area (Å²) in [6.45, 7) is 10.5. The Labute approximate surface area is 226 Å². The van der Waals surface area contributed by atoms with E-state index < -0.39 is 17.7 Å². The second-order valence-electron chi connectivity index (χ2n) is 9.59. The highest BCUT2D eigenvalue weighted by Gasteiger charge is 2.31. The zero-order valence-corrected chi connectivity index (χ0v) is 24.1. The summed E-state index contributed by atoms with van der Waals surface area (Å²) >= 11 is 0. The molecule has 11 heteroatoms. The predicted octanol–water partition coefficient (Wildman–Crippen LogP) is 4.67. The number of methoxy groups -OCH3 is 1. The van der Waals surface area contributed by atoms with E-state index in [4.69, 9.17) is 14.2 Å². The number of phenols is 1. The molecule has 0 aromatic heterocycles. The number of allylic oxidation sites excluding steroid dienone is 2. The van der Waals surface area contributed by atoms with Crippen molar-refractivity contribution in [3.63, 3.8) is 0 Å². The van der Waals surface area contributed by atoms with Gasteiger partial charge in [0.1, 0.15) is 29.3 Å². The molecule has 9 nitrogen and oxygen atoms in total. The van der Waals surface area contributed by atoms with E-state index in [-0.39, 0.29) is 23.8 Å². The van der Waals surface area contributed by atoms with E-state index in [0.717, 1.165) is 22.6 Å². The number of benzene rings is 1. The van der Waals surface area contributed by atoms with Gasteiger partial charge in [-0.1, -0.05) is 33.2 Å². The maximum Gasteiger partial charge on any atom is 0.407 e. The average molecular weight is 555 g/mol. The number of phenolic OH excluding ortho intramolecular Hbond substituents is 1. The molecule has 2 amide bonds. The van der Waals surface area contributed by atoms with Gasteiger partial charge in [0.15, 0.2) is 0 Å². The first-order valence-electron chi connectivity index (χ1n) is 12.2. The highest BCUT2D eigenvalue weighted by atomic mass is 33.1. The van der Waals surface area contributed by atoms with Crippen LogP contribution in [0.5, 0.6) is 11.5 Å². The molecule has 37 heavy (non-hydrogen) atoms. The molecular formula is C26H38N2O7S2. The SMILES string of the molecule is COc1c(C)c2c(c(O)c1C/C=C(\C)CCC(=O)NCCSSCCNC(=O)OC(C)(C)C)C(=O)OC2. The number of amides is 2. The van der Waals surface area contributed by atoms with Crippen LogP contribution >= 0.6 is 21.6 Å². The number of hydrogen-bond donors (Lipinski definition) is 3. The third-order valence-corrected chi connectivity index (χ3v) is 7.90. The standard InChI is InChI=1S/C26H38N2O7S2/c1-16(7-9-18-22(30)21-19(15-34-24(21)31)17(2)23(18)33-6)8-10-20(29)27-11-13-36-37-14-12-28-25(32)35-26(3,4)5/h7,30H,8-15H2,1-6H3,(H,27,29)(H,28,32)/b16-7+. The Kier molecular flexibility index (Phi) is 12.0. The normalized spacial score (nSPS) is 13.1. The van der Waals surface area contributed by atoms with Crippen LogP contribution in [0.4, 0.5) is 4.79 Å². The van der Waals surface area contributed by atoms with Crippen molar-refractivity contribution in [3.8, 4) is 11.5 Å². The number of aromatic hydroxyl groups is 1. The number of nitrogens with one attached hydrogen (secondary N) is 2. The van der Waals surface area contributed by atoms with Crippen molar-refractivity contribution >= 4 is 39.6 Å². The van der Waals surface area contributed by atoms with Gasteiger partial charge in [0.05, 0.1) is 7.11 Å². The van der Waals surface area contributed by atoms with Crippen molar-refractivity contribution in [1.29, 1.82) is 0 Å². The van der Waals surface area contributed by atoms with Crippen molar-refractivity contribution in [1.82, 2.24) is 10.6 Å². The Hall–Kier alpha value is -2.53.